The molecule has 0 aromatic carbocycles. The van der Waals surface area contributed by atoms with Gasteiger partial charge in [-0.2, -0.15) is 0 Å². The lowest BCUT2D eigenvalue weighted by Gasteiger charge is -2.18. The molecule has 0 spiro atoms. The Morgan fingerprint density at radius 1 is 0.259 bits per heavy atom. The Bertz CT molecular complexity index is 1490. The van der Waals surface area contributed by atoms with Crippen LogP contribution in [0.4, 0.5) is 0 Å². The summed E-state index contributed by atoms with van der Waals surface area (Å²) in [5, 5.41) is 0. The number of esters is 3. The van der Waals surface area contributed by atoms with Crippen molar-refractivity contribution in [1.82, 2.24) is 0 Å². The normalized spacial score (nSPS) is 12.5. The summed E-state index contributed by atoms with van der Waals surface area (Å²) < 4.78 is 16.9. The van der Waals surface area contributed by atoms with Crippen LogP contribution in [0.3, 0.4) is 0 Å². The van der Waals surface area contributed by atoms with Crippen LogP contribution in [0.5, 0.6) is 0 Å². The van der Waals surface area contributed by atoms with Crippen molar-refractivity contribution in [1.29, 1.82) is 0 Å². The first-order valence-corrected chi connectivity index (χ1v) is 35.4. The van der Waals surface area contributed by atoms with Crippen molar-refractivity contribution in [3.63, 3.8) is 0 Å². The number of carbonyl (C=O) groups is 3. The molecule has 0 aliphatic carbocycles. The molecule has 0 aliphatic rings. The van der Waals surface area contributed by atoms with Crippen LogP contribution in [0, 0.1) is 0 Å². The summed E-state index contributed by atoms with van der Waals surface area (Å²) in [6.45, 7) is 6.51. The maximum absolute atomic E-state index is 12.9. The molecule has 0 saturated heterocycles. The van der Waals surface area contributed by atoms with Crippen molar-refractivity contribution in [3.05, 3.63) is 72.9 Å². The van der Waals surface area contributed by atoms with E-state index in [9.17, 15) is 14.4 Å². The largest absolute Gasteiger partial charge is 0.462 e. The molecule has 0 aromatic heterocycles. The first-order chi connectivity index (χ1) is 40.0. The highest BCUT2D eigenvalue weighted by Crippen LogP contribution is 2.18. The zero-order valence-electron chi connectivity index (χ0n) is 54.1. The lowest BCUT2D eigenvalue weighted by Crippen LogP contribution is -2.30. The van der Waals surface area contributed by atoms with E-state index in [4.69, 9.17) is 14.2 Å². The van der Waals surface area contributed by atoms with E-state index >= 15 is 0 Å². The van der Waals surface area contributed by atoms with Gasteiger partial charge in [0.2, 0.25) is 0 Å². The maximum atomic E-state index is 12.9. The second-order valence-corrected chi connectivity index (χ2v) is 23.8. The zero-order valence-corrected chi connectivity index (χ0v) is 54.1. The fourth-order valence-corrected chi connectivity index (χ4v) is 10.4. The average molecular weight is 1130 g/mol. The first-order valence-electron chi connectivity index (χ1n) is 35.4. The van der Waals surface area contributed by atoms with Gasteiger partial charge in [0.25, 0.3) is 0 Å². The molecule has 470 valence electrons. The van der Waals surface area contributed by atoms with Gasteiger partial charge in [-0.25, -0.2) is 0 Å². The number of rotatable bonds is 65. The molecule has 1 unspecified atom stereocenters. The van der Waals surface area contributed by atoms with Crippen LogP contribution in [-0.4, -0.2) is 37.2 Å². The molecular formula is C75H134O6. The van der Waals surface area contributed by atoms with Gasteiger partial charge in [0.15, 0.2) is 6.10 Å². The summed E-state index contributed by atoms with van der Waals surface area (Å²) >= 11 is 0. The standard InChI is InChI=1S/C75H134O6/c1-4-7-10-13-16-18-20-22-24-26-28-30-31-32-33-34-35-36-37-38-39-40-41-42-43-45-46-48-50-52-54-56-59-62-65-68-74(77)80-71-72(70-79-73(76)67-64-61-58-15-12-9-6-3)81-75(78)69-66-63-60-57-55-53-51-49-47-44-29-27-25-23-21-19-17-14-11-8-5-2/h8,11,17,19,23,25-26,28-29,44,49,51,72H,4-7,9-10,12-16,18,20-22,24,27,30-43,45-48,50,52-71H2,1-3H3/b11-8-,19-17-,25-23-,28-26-,44-29-,51-49-. The molecule has 6 heteroatoms. The second-order valence-electron chi connectivity index (χ2n) is 23.8. The van der Waals surface area contributed by atoms with Gasteiger partial charge in [0, 0.05) is 19.3 Å². The van der Waals surface area contributed by atoms with Gasteiger partial charge >= 0.3 is 17.9 Å². The van der Waals surface area contributed by atoms with E-state index in [2.05, 4.69) is 93.7 Å². The molecule has 0 saturated carbocycles. The van der Waals surface area contributed by atoms with Crippen LogP contribution in [0.2, 0.25) is 0 Å². The number of unbranched alkanes of at least 4 members (excludes halogenated alkanes) is 42. The summed E-state index contributed by atoms with van der Waals surface area (Å²) in [4.78, 5) is 38.1. The number of allylic oxidation sites excluding steroid dienone is 12. The van der Waals surface area contributed by atoms with E-state index in [1.54, 1.807) is 0 Å². The fraction of sp³-hybridized carbons (Fsp3) is 0.800. The Morgan fingerprint density at radius 3 is 0.765 bits per heavy atom. The quantitative estimate of drug-likeness (QED) is 0.0261. The minimum atomic E-state index is -0.783. The van der Waals surface area contributed by atoms with Gasteiger partial charge in [0.1, 0.15) is 13.2 Å². The van der Waals surface area contributed by atoms with Crippen LogP contribution >= 0.6 is 0 Å². The van der Waals surface area contributed by atoms with Gasteiger partial charge in [0.05, 0.1) is 0 Å². The second kappa shape index (κ2) is 69.3. The smallest absolute Gasteiger partial charge is 0.306 e. The SMILES string of the molecule is CC/C=C\C/C=C\C/C=C\C/C=C\C/C=C\CCCCCCCC(=O)OC(COC(=O)CCCCCCCCC)COC(=O)CCCCCCCCCCCCCCCCCCCCCCCCC/C=C\CCCCCCCCCC. The summed E-state index contributed by atoms with van der Waals surface area (Å²) in [5.41, 5.74) is 0. The fourth-order valence-electron chi connectivity index (χ4n) is 10.4. The Balaban J connectivity index is 3.99. The van der Waals surface area contributed by atoms with Gasteiger partial charge in [-0.05, 0) is 89.9 Å². The van der Waals surface area contributed by atoms with Crippen molar-refractivity contribution in [3.8, 4) is 0 Å². The van der Waals surface area contributed by atoms with E-state index in [1.165, 1.54) is 218 Å². The molecule has 1 atom stereocenters. The number of hydrogen-bond donors (Lipinski definition) is 0. The van der Waals surface area contributed by atoms with Gasteiger partial charge < -0.3 is 14.2 Å². The third kappa shape index (κ3) is 67.5. The Labute approximate surface area is 503 Å². The topological polar surface area (TPSA) is 78.9 Å². The molecule has 0 N–H and O–H groups in total. The van der Waals surface area contributed by atoms with Crippen LogP contribution in [-0.2, 0) is 28.6 Å². The highest BCUT2D eigenvalue weighted by Gasteiger charge is 2.19. The molecule has 0 fully saturated rings. The molecule has 81 heavy (non-hydrogen) atoms. The van der Waals surface area contributed by atoms with Crippen molar-refractivity contribution in [2.24, 2.45) is 0 Å². The number of carbonyl (C=O) groups excluding carboxylic acids is 3. The maximum Gasteiger partial charge on any atom is 0.306 e. The van der Waals surface area contributed by atoms with Gasteiger partial charge in [-0.3, -0.25) is 14.4 Å². The molecule has 0 rings (SSSR count). The molecule has 0 heterocycles. The van der Waals surface area contributed by atoms with Gasteiger partial charge in [-0.1, -0.05) is 331 Å². The highest BCUT2D eigenvalue weighted by molar-refractivity contribution is 5.71. The molecule has 6 nitrogen and oxygen atoms in total. The summed E-state index contributed by atoms with van der Waals surface area (Å²) in [6, 6.07) is 0. The van der Waals surface area contributed by atoms with Crippen LogP contribution in [0.1, 0.15) is 367 Å². The monoisotopic (exact) mass is 1130 g/mol. The predicted molar refractivity (Wildman–Crippen MR) is 353 cm³/mol. The molecular weight excluding hydrogens is 997 g/mol. The van der Waals surface area contributed by atoms with E-state index < -0.39 is 6.10 Å². The Hall–Kier alpha value is -3.15. The predicted octanol–water partition coefficient (Wildman–Crippen LogP) is 24.4. The molecule has 0 bridgehead atoms. The minimum Gasteiger partial charge on any atom is -0.462 e. The van der Waals surface area contributed by atoms with Crippen LogP contribution in [0.25, 0.3) is 0 Å². The van der Waals surface area contributed by atoms with Crippen molar-refractivity contribution >= 4 is 17.9 Å². The van der Waals surface area contributed by atoms with E-state index in [1.807, 2.05) is 0 Å². The van der Waals surface area contributed by atoms with Crippen molar-refractivity contribution in [2.45, 2.75) is 374 Å². The molecule has 0 radical (unpaired) electrons. The molecule has 0 aliphatic heterocycles. The zero-order chi connectivity index (χ0) is 58.5. The third-order valence-electron chi connectivity index (χ3n) is 15.7. The molecule has 0 aromatic rings. The van der Waals surface area contributed by atoms with Crippen LogP contribution < -0.4 is 0 Å². The van der Waals surface area contributed by atoms with E-state index in [-0.39, 0.29) is 31.1 Å². The van der Waals surface area contributed by atoms with Crippen molar-refractivity contribution in [2.75, 3.05) is 13.2 Å². The Kier molecular flexibility index (Phi) is 66.6. The third-order valence-corrected chi connectivity index (χ3v) is 15.7. The van der Waals surface area contributed by atoms with Gasteiger partial charge in [-0.15, -0.1) is 0 Å². The number of hydrogen-bond acceptors (Lipinski definition) is 6. The van der Waals surface area contributed by atoms with E-state index in [0.29, 0.717) is 19.3 Å². The average Bonchev–Trinajstić information content (AvgIpc) is 3.47. The van der Waals surface area contributed by atoms with Crippen molar-refractivity contribution < 1.29 is 28.6 Å². The summed E-state index contributed by atoms with van der Waals surface area (Å²) in [5.74, 6) is -0.889. The molecule has 0 amide bonds. The van der Waals surface area contributed by atoms with Crippen LogP contribution in [0.15, 0.2) is 72.9 Å². The Morgan fingerprint density at radius 2 is 0.481 bits per heavy atom. The lowest BCUT2D eigenvalue weighted by molar-refractivity contribution is -0.167. The lowest BCUT2D eigenvalue weighted by atomic mass is 10.0. The summed E-state index contributed by atoms with van der Waals surface area (Å²) in [7, 11) is 0. The first kappa shape index (κ1) is 77.9. The highest BCUT2D eigenvalue weighted by atomic mass is 16.6. The number of ether oxygens (including phenoxy) is 3. The summed E-state index contributed by atoms with van der Waals surface area (Å²) in [6.07, 6.45) is 91.2. The minimum absolute atomic E-state index is 0.0798. The van der Waals surface area contributed by atoms with E-state index in [0.717, 1.165) is 109 Å².